The molecule has 2 nitrogen and oxygen atoms in total. The monoisotopic (exact) mass is 140 g/mol. The van der Waals surface area contributed by atoms with Gasteiger partial charge in [0.2, 0.25) is 0 Å². The van der Waals surface area contributed by atoms with Crippen molar-refractivity contribution in [1.29, 1.82) is 0 Å². The van der Waals surface area contributed by atoms with Crippen LogP contribution < -0.4 is 0 Å². The number of allylic oxidation sites excluding steroid dienone is 2. The van der Waals surface area contributed by atoms with Crippen LogP contribution in [0.5, 0.6) is 0 Å². The molecule has 10 heavy (non-hydrogen) atoms. The van der Waals surface area contributed by atoms with E-state index in [-0.39, 0.29) is 11.6 Å². The van der Waals surface area contributed by atoms with Gasteiger partial charge in [-0.05, 0) is 12.2 Å². The molecule has 0 saturated carbocycles. The lowest BCUT2D eigenvalue weighted by atomic mass is 10.2. The van der Waals surface area contributed by atoms with Crippen LogP contribution in [0.3, 0.4) is 0 Å². The SMILES string of the molecule is CCC(=O)/C=C/C(=O)CC. The Hall–Kier alpha value is -0.920. The van der Waals surface area contributed by atoms with E-state index < -0.39 is 0 Å². The topological polar surface area (TPSA) is 34.1 Å². The van der Waals surface area contributed by atoms with E-state index in [4.69, 9.17) is 0 Å². The second kappa shape index (κ2) is 4.91. The molecule has 0 aliphatic rings. The summed E-state index contributed by atoms with van der Waals surface area (Å²) in [7, 11) is 0. The first-order valence-electron chi connectivity index (χ1n) is 3.44. The first kappa shape index (κ1) is 9.08. The second-order valence-corrected chi connectivity index (χ2v) is 1.97. The van der Waals surface area contributed by atoms with Gasteiger partial charge in [0, 0.05) is 12.8 Å². The summed E-state index contributed by atoms with van der Waals surface area (Å²) in [4.78, 5) is 21.2. The first-order chi connectivity index (χ1) is 4.70. The van der Waals surface area contributed by atoms with E-state index in [2.05, 4.69) is 0 Å². The Balaban J connectivity index is 3.75. The number of hydrogen-bond acceptors (Lipinski definition) is 2. The van der Waals surface area contributed by atoms with Crippen LogP contribution in [0.25, 0.3) is 0 Å². The van der Waals surface area contributed by atoms with Crippen LogP contribution in [0.15, 0.2) is 12.2 Å². The van der Waals surface area contributed by atoms with Gasteiger partial charge in [-0.15, -0.1) is 0 Å². The summed E-state index contributed by atoms with van der Waals surface area (Å²) in [6, 6.07) is 0. The van der Waals surface area contributed by atoms with Crippen LogP contribution in [0.2, 0.25) is 0 Å². The fraction of sp³-hybridized carbons (Fsp3) is 0.500. The Morgan fingerprint density at radius 1 is 1.00 bits per heavy atom. The summed E-state index contributed by atoms with van der Waals surface area (Å²) in [5.41, 5.74) is 0. The van der Waals surface area contributed by atoms with Crippen LogP contribution in [0.1, 0.15) is 26.7 Å². The lowest BCUT2D eigenvalue weighted by Crippen LogP contribution is -1.92. The Labute approximate surface area is 60.9 Å². The highest BCUT2D eigenvalue weighted by Gasteiger charge is 1.92. The van der Waals surface area contributed by atoms with Crippen molar-refractivity contribution < 1.29 is 9.59 Å². The van der Waals surface area contributed by atoms with E-state index in [9.17, 15) is 9.59 Å². The molecule has 0 heterocycles. The molecule has 0 unspecified atom stereocenters. The molecule has 0 fully saturated rings. The summed E-state index contributed by atoms with van der Waals surface area (Å²) < 4.78 is 0. The molecule has 0 rings (SSSR count). The smallest absolute Gasteiger partial charge is 0.155 e. The molecule has 0 N–H and O–H groups in total. The molecular formula is C8H12O2. The average molecular weight is 140 g/mol. The van der Waals surface area contributed by atoms with Crippen molar-refractivity contribution >= 4 is 11.6 Å². The van der Waals surface area contributed by atoms with Gasteiger partial charge in [-0.25, -0.2) is 0 Å². The van der Waals surface area contributed by atoms with Crippen molar-refractivity contribution in [2.45, 2.75) is 26.7 Å². The minimum absolute atomic E-state index is 0.00167. The fourth-order valence-corrected chi connectivity index (χ4v) is 0.422. The predicted octanol–water partition coefficient (Wildman–Crippen LogP) is 1.50. The molecule has 0 amide bonds. The van der Waals surface area contributed by atoms with E-state index >= 15 is 0 Å². The van der Waals surface area contributed by atoms with Crippen LogP contribution in [-0.4, -0.2) is 11.6 Å². The Morgan fingerprint density at radius 3 is 1.50 bits per heavy atom. The van der Waals surface area contributed by atoms with Crippen molar-refractivity contribution in [2.75, 3.05) is 0 Å². The number of rotatable bonds is 4. The summed E-state index contributed by atoms with van der Waals surface area (Å²) >= 11 is 0. The standard InChI is InChI=1S/C8H12O2/c1-3-7(9)5-6-8(10)4-2/h5-6H,3-4H2,1-2H3/b6-5+. The fourth-order valence-electron chi connectivity index (χ4n) is 0.422. The first-order valence-corrected chi connectivity index (χ1v) is 3.44. The van der Waals surface area contributed by atoms with E-state index in [0.29, 0.717) is 12.8 Å². The zero-order valence-corrected chi connectivity index (χ0v) is 6.39. The Morgan fingerprint density at radius 2 is 1.30 bits per heavy atom. The zero-order valence-electron chi connectivity index (χ0n) is 6.39. The zero-order chi connectivity index (χ0) is 7.98. The van der Waals surface area contributed by atoms with Crippen molar-refractivity contribution in [2.24, 2.45) is 0 Å². The molecule has 0 atom stereocenters. The summed E-state index contributed by atoms with van der Waals surface area (Å²) in [5, 5.41) is 0. The lowest BCUT2D eigenvalue weighted by Gasteiger charge is -1.84. The molecule has 0 spiro atoms. The predicted molar refractivity (Wildman–Crippen MR) is 39.7 cm³/mol. The average Bonchev–Trinajstić information content (AvgIpc) is 1.99. The van der Waals surface area contributed by atoms with Crippen LogP contribution >= 0.6 is 0 Å². The van der Waals surface area contributed by atoms with Crippen LogP contribution in [-0.2, 0) is 9.59 Å². The van der Waals surface area contributed by atoms with Gasteiger partial charge in [0.1, 0.15) is 0 Å². The normalized spacial score (nSPS) is 10.2. The van der Waals surface area contributed by atoms with Gasteiger partial charge >= 0.3 is 0 Å². The molecule has 0 aromatic heterocycles. The lowest BCUT2D eigenvalue weighted by molar-refractivity contribution is -0.116. The van der Waals surface area contributed by atoms with E-state index in [0.717, 1.165) is 0 Å². The molecule has 0 aromatic rings. The van der Waals surface area contributed by atoms with Gasteiger partial charge < -0.3 is 0 Å². The molecule has 0 aromatic carbocycles. The van der Waals surface area contributed by atoms with Crippen molar-refractivity contribution in [1.82, 2.24) is 0 Å². The molecule has 0 aliphatic heterocycles. The van der Waals surface area contributed by atoms with E-state index in [1.807, 2.05) is 0 Å². The molecule has 0 saturated heterocycles. The minimum Gasteiger partial charge on any atom is -0.295 e. The van der Waals surface area contributed by atoms with Gasteiger partial charge in [-0.1, -0.05) is 13.8 Å². The highest BCUT2D eigenvalue weighted by atomic mass is 16.1. The van der Waals surface area contributed by atoms with Gasteiger partial charge in [-0.3, -0.25) is 9.59 Å². The minimum atomic E-state index is 0.00167. The van der Waals surface area contributed by atoms with Crippen LogP contribution in [0, 0.1) is 0 Å². The maximum atomic E-state index is 10.6. The third-order valence-corrected chi connectivity index (χ3v) is 1.15. The van der Waals surface area contributed by atoms with Gasteiger partial charge in [0.25, 0.3) is 0 Å². The molecule has 0 radical (unpaired) electrons. The number of carbonyl (C=O) groups is 2. The highest BCUT2D eigenvalue weighted by molar-refractivity contribution is 5.98. The molecular weight excluding hydrogens is 128 g/mol. The molecule has 2 heteroatoms. The number of ketones is 2. The maximum Gasteiger partial charge on any atom is 0.155 e. The molecule has 0 bridgehead atoms. The second-order valence-electron chi connectivity index (χ2n) is 1.97. The molecule has 0 aliphatic carbocycles. The van der Waals surface area contributed by atoms with Gasteiger partial charge in [0.05, 0.1) is 0 Å². The Kier molecular flexibility index (Phi) is 4.46. The number of hydrogen-bond donors (Lipinski definition) is 0. The van der Waals surface area contributed by atoms with Crippen molar-refractivity contribution in [3.05, 3.63) is 12.2 Å². The van der Waals surface area contributed by atoms with Gasteiger partial charge in [-0.2, -0.15) is 0 Å². The maximum absolute atomic E-state index is 10.6. The quantitative estimate of drug-likeness (QED) is 0.554. The number of carbonyl (C=O) groups excluding carboxylic acids is 2. The third-order valence-electron chi connectivity index (χ3n) is 1.15. The highest BCUT2D eigenvalue weighted by Crippen LogP contribution is 1.86. The third kappa shape index (κ3) is 4.01. The van der Waals surface area contributed by atoms with Crippen molar-refractivity contribution in [3.8, 4) is 0 Å². The van der Waals surface area contributed by atoms with E-state index in [1.54, 1.807) is 13.8 Å². The van der Waals surface area contributed by atoms with Crippen LogP contribution in [0.4, 0.5) is 0 Å². The largest absolute Gasteiger partial charge is 0.295 e. The Bertz CT molecular complexity index is 139. The molecule has 56 valence electrons. The summed E-state index contributed by atoms with van der Waals surface area (Å²) in [6.07, 6.45) is 3.61. The van der Waals surface area contributed by atoms with Gasteiger partial charge in [0.15, 0.2) is 11.6 Å². The summed E-state index contributed by atoms with van der Waals surface area (Å²) in [5.74, 6) is 0.00333. The van der Waals surface area contributed by atoms with E-state index in [1.165, 1.54) is 12.2 Å². The summed E-state index contributed by atoms with van der Waals surface area (Å²) in [6.45, 7) is 3.53. The van der Waals surface area contributed by atoms with Crippen molar-refractivity contribution in [3.63, 3.8) is 0 Å².